The number of nitrogens with zero attached hydrogens (tertiary/aromatic N) is 2. The number of Topliss-reactive ketones (excluding diaryl/α,β-unsaturated/α-hetero) is 1. The average Bonchev–Trinajstić information content (AvgIpc) is 3.29. The Morgan fingerprint density at radius 1 is 1.23 bits per heavy atom. The van der Waals surface area contributed by atoms with Crippen LogP contribution in [0.4, 0.5) is 5.69 Å². The first kappa shape index (κ1) is 20.8. The van der Waals surface area contributed by atoms with Gasteiger partial charge in [-0.05, 0) is 55.5 Å². The molecule has 0 aliphatic heterocycles. The molecule has 2 aromatic heterocycles. The van der Waals surface area contributed by atoms with Gasteiger partial charge in [-0.3, -0.25) is 19.0 Å². The third-order valence-electron chi connectivity index (χ3n) is 5.10. The minimum Gasteiger partial charge on any atom is -0.326 e. The predicted molar refractivity (Wildman–Crippen MR) is 122 cm³/mol. The highest BCUT2D eigenvalue weighted by atomic mass is 32.2. The first-order valence-corrected chi connectivity index (χ1v) is 11.9. The Balaban J connectivity index is 1.57. The lowest BCUT2D eigenvalue weighted by Gasteiger charge is -2.11. The third-order valence-corrected chi connectivity index (χ3v) is 7.26. The number of ketones is 1. The third kappa shape index (κ3) is 4.06. The number of anilines is 1. The number of benzene rings is 1. The summed E-state index contributed by atoms with van der Waals surface area (Å²) in [5.41, 5.74) is 2.43. The second-order valence-electron chi connectivity index (χ2n) is 7.36. The van der Waals surface area contributed by atoms with E-state index >= 15 is 0 Å². The number of hydrogen-bond donors (Lipinski definition) is 1. The van der Waals surface area contributed by atoms with Gasteiger partial charge >= 0.3 is 0 Å². The Hall–Kier alpha value is -2.45. The van der Waals surface area contributed by atoms with Crippen LogP contribution in [-0.4, -0.2) is 27.0 Å². The van der Waals surface area contributed by atoms with E-state index < -0.39 is 0 Å². The summed E-state index contributed by atoms with van der Waals surface area (Å²) in [6.07, 6.45) is 3.92. The highest BCUT2D eigenvalue weighted by Gasteiger charge is 2.23. The van der Waals surface area contributed by atoms with Crippen molar-refractivity contribution >= 4 is 50.7 Å². The highest BCUT2D eigenvalue weighted by molar-refractivity contribution is 7.99. The van der Waals surface area contributed by atoms with Crippen LogP contribution in [0.1, 0.15) is 47.5 Å². The summed E-state index contributed by atoms with van der Waals surface area (Å²) in [6.45, 7) is 4.07. The van der Waals surface area contributed by atoms with Crippen molar-refractivity contribution in [2.45, 2.75) is 51.2 Å². The van der Waals surface area contributed by atoms with E-state index in [1.54, 1.807) is 40.2 Å². The summed E-state index contributed by atoms with van der Waals surface area (Å²) in [5, 5.41) is 4.08. The molecular weight excluding hydrogens is 418 g/mol. The largest absolute Gasteiger partial charge is 0.326 e. The lowest BCUT2D eigenvalue weighted by atomic mass is 10.1. The second-order valence-corrected chi connectivity index (χ2v) is 9.39. The number of carbonyl (C=O) groups excluding carboxylic acids is 2. The van der Waals surface area contributed by atoms with Gasteiger partial charge < -0.3 is 5.32 Å². The second kappa shape index (κ2) is 8.73. The number of aromatic nitrogens is 2. The summed E-state index contributed by atoms with van der Waals surface area (Å²) >= 11 is 2.94. The SMILES string of the molecule is CCCn1c(SCC(=O)c2ccc(NC(C)=O)cc2)nc2sc3c(c2c1=O)CCC3. The normalized spacial score (nSPS) is 12.9. The molecule has 0 bridgehead atoms. The van der Waals surface area contributed by atoms with Crippen LogP contribution in [0.3, 0.4) is 0 Å². The van der Waals surface area contributed by atoms with Gasteiger partial charge in [-0.15, -0.1) is 11.3 Å². The lowest BCUT2D eigenvalue weighted by Crippen LogP contribution is -2.23. The molecule has 4 rings (SSSR count). The first-order valence-electron chi connectivity index (χ1n) is 10.1. The fourth-order valence-electron chi connectivity index (χ4n) is 3.75. The van der Waals surface area contributed by atoms with Gasteiger partial charge in [0.25, 0.3) is 5.56 Å². The molecular formula is C22H23N3O3S2. The van der Waals surface area contributed by atoms with Crippen LogP contribution in [0.2, 0.25) is 0 Å². The molecule has 0 saturated heterocycles. The predicted octanol–water partition coefficient (Wildman–Crippen LogP) is 4.29. The molecule has 0 unspecified atom stereocenters. The quantitative estimate of drug-likeness (QED) is 0.336. The van der Waals surface area contributed by atoms with Gasteiger partial charge in [-0.1, -0.05) is 18.7 Å². The molecule has 30 heavy (non-hydrogen) atoms. The van der Waals surface area contributed by atoms with Crippen LogP contribution < -0.4 is 10.9 Å². The number of fused-ring (bicyclic) bond motifs is 3. The molecule has 6 nitrogen and oxygen atoms in total. The average molecular weight is 442 g/mol. The maximum atomic E-state index is 13.2. The molecule has 1 N–H and O–H groups in total. The smallest absolute Gasteiger partial charge is 0.263 e. The summed E-state index contributed by atoms with van der Waals surface area (Å²) in [7, 11) is 0. The molecule has 0 spiro atoms. The van der Waals surface area contributed by atoms with Crippen molar-refractivity contribution in [1.29, 1.82) is 0 Å². The molecule has 0 atom stereocenters. The van der Waals surface area contributed by atoms with Gasteiger partial charge in [0.15, 0.2) is 10.9 Å². The fraction of sp³-hybridized carbons (Fsp3) is 0.364. The molecule has 156 valence electrons. The summed E-state index contributed by atoms with van der Waals surface area (Å²) in [4.78, 5) is 43.8. The first-order chi connectivity index (χ1) is 14.5. The van der Waals surface area contributed by atoms with E-state index in [1.165, 1.54) is 29.1 Å². The van der Waals surface area contributed by atoms with E-state index in [2.05, 4.69) is 5.32 Å². The van der Waals surface area contributed by atoms with Crippen LogP contribution in [0.15, 0.2) is 34.2 Å². The fourth-order valence-corrected chi connectivity index (χ4v) is 5.97. The minimum absolute atomic E-state index is 0.0239. The van der Waals surface area contributed by atoms with Crippen LogP contribution in [0.25, 0.3) is 10.2 Å². The van der Waals surface area contributed by atoms with Crippen LogP contribution in [0, 0.1) is 0 Å². The molecule has 2 heterocycles. The zero-order valence-corrected chi connectivity index (χ0v) is 18.6. The van der Waals surface area contributed by atoms with E-state index in [0.717, 1.165) is 35.9 Å². The van der Waals surface area contributed by atoms with Gasteiger partial charge in [0.2, 0.25) is 5.91 Å². The molecule has 0 saturated carbocycles. The van der Waals surface area contributed by atoms with Crippen LogP contribution >= 0.6 is 23.1 Å². The zero-order valence-electron chi connectivity index (χ0n) is 17.0. The van der Waals surface area contributed by atoms with Crippen molar-refractivity contribution in [2.75, 3.05) is 11.1 Å². The standard InChI is InChI=1S/C22H23N3O3S2/c1-3-11-25-21(28)19-16-5-4-6-18(16)30-20(19)24-22(25)29-12-17(27)14-7-9-15(10-8-14)23-13(2)26/h7-10H,3-6,11-12H2,1-2H3,(H,23,26). The maximum absolute atomic E-state index is 13.2. The Bertz CT molecular complexity index is 1180. The molecule has 0 fully saturated rings. The molecule has 1 aliphatic carbocycles. The molecule has 1 aliphatic rings. The Morgan fingerprint density at radius 2 is 2.00 bits per heavy atom. The number of hydrogen-bond acceptors (Lipinski definition) is 6. The zero-order chi connectivity index (χ0) is 21.3. The number of amides is 1. The summed E-state index contributed by atoms with van der Waals surface area (Å²) in [6, 6.07) is 6.83. The van der Waals surface area contributed by atoms with E-state index in [9.17, 15) is 14.4 Å². The van der Waals surface area contributed by atoms with Crippen molar-refractivity contribution in [3.8, 4) is 0 Å². The number of carbonyl (C=O) groups is 2. The Labute approximate surface area is 182 Å². The number of thioether (sulfide) groups is 1. The Morgan fingerprint density at radius 3 is 2.70 bits per heavy atom. The monoisotopic (exact) mass is 441 g/mol. The van der Waals surface area contributed by atoms with E-state index in [1.807, 2.05) is 6.92 Å². The van der Waals surface area contributed by atoms with Gasteiger partial charge in [-0.2, -0.15) is 0 Å². The van der Waals surface area contributed by atoms with E-state index in [0.29, 0.717) is 23.0 Å². The van der Waals surface area contributed by atoms with E-state index in [-0.39, 0.29) is 23.0 Å². The van der Waals surface area contributed by atoms with Crippen molar-refractivity contribution < 1.29 is 9.59 Å². The van der Waals surface area contributed by atoms with Gasteiger partial charge in [0.05, 0.1) is 11.1 Å². The summed E-state index contributed by atoms with van der Waals surface area (Å²) in [5.74, 6) is 0.00618. The molecule has 0 radical (unpaired) electrons. The molecule has 1 amide bonds. The summed E-state index contributed by atoms with van der Waals surface area (Å²) < 4.78 is 1.73. The van der Waals surface area contributed by atoms with Gasteiger partial charge in [0.1, 0.15) is 4.83 Å². The molecule has 1 aromatic carbocycles. The van der Waals surface area contributed by atoms with Crippen molar-refractivity contribution in [1.82, 2.24) is 9.55 Å². The highest BCUT2D eigenvalue weighted by Crippen LogP contribution is 2.35. The lowest BCUT2D eigenvalue weighted by molar-refractivity contribution is -0.114. The minimum atomic E-state index is -0.153. The van der Waals surface area contributed by atoms with Crippen LogP contribution in [-0.2, 0) is 24.2 Å². The number of nitrogens with one attached hydrogen (secondary N) is 1. The molecule has 8 heteroatoms. The number of aryl methyl sites for hydroxylation is 2. The maximum Gasteiger partial charge on any atom is 0.263 e. The van der Waals surface area contributed by atoms with Gasteiger partial charge in [-0.25, -0.2) is 4.98 Å². The van der Waals surface area contributed by atoms with E-state index in [4.69, 9.17) is 4.98 Å². The van der Waals surface area contributed by atoms with Gasteiger partial charge in [0, 0.05) is 29.6 Å². The van der Waals surface area contributed by atoms with Crippen molar-refractivity contribution in [2.24, 2.45) is 0 Å². The van der Waals surface area contributed by atoms with Crippen molar-refractivity contribution in [3.05, 3.63) is 50.6 Å². The number of rotatable bonds is 7. The Kier molecular flexibility index (Phi) is 6.06. The molecule has 3 aromatic rings. The van der Waals surface area contributed by atoms with Crippen molar-refractivity contribution in [3.63, 3.8) is 0 Å². The number of thiophene rings is 1. The topological polar surface area (TPSA) is 81.1 Å². The van der Waals surface area contributed by atoms with Crippen LogP contribution in [0.5, 0.6) is 0 Å².